The van der Waals surface area contributed by atoms with Crippen LogP contribution < -0.4 is 5.32 Å². The highest BCUT2D eigenvalue weighted by atomic mass is 16.5. The quantitative estimate of drug-likeness (QED) is 0.741. The number of amides is 1. The Kier molecular flexibility index (Phi) is 4.39. The number of rotatable bonds is 3. The average molecular weight is 390 g/mol. The maximum absolute atomic E-state index is 13.3. The van der Waals surface area contributed by atoms with Crippen molar-refractivity contribution >= 4 is 16.9 Å². The van der Waals surface area contributed by atoms with Crippen molar-refractivity contribution in [2.45, 2.75) is 38.6 Å². The Hall–Kier alpha value is -2.73. The molecule has 2 aromatic heterocycles. The van der Waals surface area contributed by atoms with E-state index in [1.54, 1.807) is 4.68 Å². The lowest BCUT2D eigenvalue weighted by Crippen LogP contribution is -2.52. The van der Waals surface area contributed by atoms with Gasteiger partial charge >= 0.3 is 0 Å². The number of aromatic nitrogens is 3. The predicted octanol–water partition coefficient (Wildman–Crippen LogP) is 3.63. The molecule has 1 spiro atoms. The standard InChI is InChI=1S/C23H26N4O2/c1-15-20-18(22(28)24-17-13-23(14-17)8-10-29-11-9-23)12-19(16-6-4-3-5-7-16)25-21(20)27(2)26-15/h3-7,12,17H,8-11,13-14H2,1-2H3,(H,24,28). The zero-order valence-electron chi connectivity index (χ0n) is 16.9. The van der Waals surface area contributed by atoms with Gasteiger partial charge in [-0.3, -0.25) is 9.48 Å². The molecule has 0 bridgehead atoms. The van der Waals surface area contributed by atoms with Crippen LogP contribution in [0.1, 0.15) is 41.7 Å². The van der Waals surface area contributed by atoms with Crippen LogP contribution in [0.5, 0.6) is 0 Å². The first-order valence-corrected chi connectivity index (χ1v) is 10.3. The van der Waals surface area contributed by atoms with Gasteiger partial charge < -0.3 is 10.1 Å². The number of ether oxygens (including phenoxy) is 1. The highest BCUT2D eigenvalue weighted by Gasteiger charge is 2.45. The summed E-state index contributed by atoms with van der Waals surface area (Å²) in [5, 5.41) is 8.61. The van der Waals surface area contributed by atoms with Crippen LogP contribution in [0.3, 0.4) is 0 Å². The van der Waals surface area contributed by atoms with Gasteiger partial charge in [0.25, 0.3) is 5.91 Å². The van der Waals surface area contributed by atoms with Crippen molar-refractivity contribution in [3.8, 4) is 11.3 Å². The average Bonchev–Trinajstić information content (AvgIpc) is 3.01. The van der Waals surface area contributed by atoms with Crippen molar-refractivity contribution in [3.63, 3.8) is 0 Å². The smallest absolute Gasteiger partial charge is 0.252 e. The SMILES string of the molecule is Cc1nn(C)c2nc(-c3ccccc3)cc(C(=O)NC3CC4(CCOCC4)C3)c12. The first kappa shape index (κ1) is 18.3. The van der Waals surface area contributed by atoms with Gasteiger partial charge in [-0.25, -0.2) is 4.98 Å². The second kappa shape index (κ2) is 6.95. The first-order chi connectivity index (χ1) is 14.0. The van der Waals surface area contributed by atoms with E-state index in [1.165, 1.54) is 0 Å². The van der Waals surface area contributed by atoms with E-state index in [0.29, 0.717) is 11.0 Å². The fraction of sp³-hybridized carbons (Fsp3) is 0.435. The summed E-state index contributed by atoms with van der Waals surface area (Å²) in [6, 6.07) is 12.1. The Bertz CT molecular complexity index is 1060. The van der Waals surface area contributed by atoms with Crippen LogP contribution in [0.25, 0.3) is 22.3 Å². The van der Waals surface area contributed by atoms with E-state index in [4.69, 9.17) is 9.72 Å². The monoisotopic (exact) mass is 390 g/mol. The van der Waals surface area contributed by atoms with Crippen molar-refractivity contribution in [1.29, 1.82) is 0 Å². The Morgan fingerprint density at radius 2 is 1.93 bits per heavy atom. The van der Waals surface area contributed by atoms with Crippen LogP contribution in [0.15, 0.2) is 36.4 Å². The van der Waals surface area contributed by atoms with Gasteiger partial charge in [0, 0.05) is 31.9 Å². The highest BCUT2D eigenvalue weighted by Crippen LogP contribution is 2.48. The minimum atomic E-state index is -0.0300. The van der Waals surface area contributed by atoms with E-state index >= 15 is 0 Å². The van der Waals surface area contributed by atoms with Gasteiger partial charge in [-0.2, -0.15) is 5.10 Å². The number of carbonyl (C=O) groups excluding carboxylic acids is 1. The summed E-state index contributed by atoms with van der Waals surface area (Å²) >= 11 is 0. The summed E-state index contributed by atoms with van der Waals surface area (Å²) in [7, 11) is 1.87. The molecule has 1 aliphatic carbocycles. The zero-order valence-corrected chi connectivity index (χ0v) is 16.9. The molecule has 3 aromatic rings. The summed E-state index contributed by atoms with van der Waals surface area (Å²) in [6.07, 6.45) is 4.32. The van der Waals surface area contributed by atoms with Gasteiger partial charge in [0.05, 0.1) is 22.3 Å². The van der Waals surface area contributed by atoms with Gasteiger partial charge in [0.15, 0.2) is 5.65 Å². The van der Waals surface area contributed by atoms with Gasteiger partial charge in [0.1, 0.15) is 0 Å². The maximum Gasteiger partial charge on any atom is 0.252 e. The lowest BCUT2D eigenvalue weighted by atomic mass is 9.61. The van der Waals surface area contributed by atoms with Crippen LogP contribution in [0, 0.1) is 12.3 Å². The van der Waals surface area contributed by atoms with Crippen LogP contribution in [0.2, 0.25) is 0 Å². The van der Waals surface area contributed by atoms with Crippen LogP contribution in [-0.2, 0) is 11.8 Å². The Balaban J connectivity index is 1.46. The summed E-state index contributed by atoms with van der Waals surface area (Å²) in [6.45, 7) is 3.63. The minimum Gasteiger partial charge on any atom is -0.381 e. The Morgan fingerprint density at radius 3 is 2.66 bits per heavy atom. The molecule has 1 N–H and O–H groups in total. The molecule has 1 saturated heterocycles. The van der Waals surface area contributed by atoms with Crippen LogP contribution in [0.4, 0.5) is 0 Å². The fourth-order valence-electron chi connectivity index (χ4n) is 4.94. The van der Waals surface area contributed by atoms with E-state index in [2.05, 4.69) is 10.4 Å². The van der Waals surface area contributed by atoms with Gasteiger partial charge in [-0.05, 0) is 44.1 Å². The molecule has 1 amide bonds. The van der Waals surface area contributed by atoms with Gasteiger partial charge in [-0.1, -0.05) is 30.3 Å². The maximum atomic E-state index is 13.3. The van der Waals surface area contributed by atoms with E-state index in [0.717, 1.165) is 66.9 Å². The number of hydrogen-bond acceptors (Lipinski definition) is 4. The normalized spacial score (nSPS) is 18.7. The van der Waals surface area contributed by atoms with E-state index in [-0.39, 0.29) is 11.9 Å². The molecule has 1 saturated carbocycles. The Labute approximate surface area is 170 Å². The van der Waals surface area contributed by atoms with Gasteiger partial charge in [-0.15, -0.1) is 0 Å². The third kappa shape index (κ3) is 3.21. The molecule has 0 unspecified atom stereocenters. The summed E-state index contributed by atoms with van der Waals surface area (Å²) in [5.41, 5.74) is 4.39. The molecule has 1 aromatic carbocycles. The number of nitrogens with one attached hydrogen (secondary N) is 1. The molecule has 6 nitrogen and oxygen atoms in total. The first-order valence-electron chi connectivity index (χ1n) is 10.3. The molecule has 29 heavy (non-hydrogen) atoms. The third-order valence-corrected chi connectivity index (χ3v) is 6.53. The van der Waals surface area contributed by atoms with Crippen LogP contribution >= 0.6 is 0 Å². The molecule has 0 atom stereocenters. The number of benzene rings is 1. The lowest BCUT2D eigenvalue weighted by Gasteiger charge is -2.50. The minimum absolute atomic E-state index is 0.0300. The second-order valence-corrected chi connectivity index (χ2v) is 8.52. The number of hydrogen-bond donors (Lipinski definition) is 1. The number of nitrogens with zero attached hydrogens (tertiary/aromatic N) is 3. The number of pyridine rings is 1. The van der Waals surface area contributed by atoms with Crippen molar-refractivity contribution in [3.05, 3.63) is 47.7 Å². The molecule has 3 heterocycles. The second-order valence-electron chi connectivity index (χ2n) is 8.52. The van der Waals surface area contributed by atoms with Crippen LogP contribution in [-0.4, -0.2) is 39.9 Å². The molecule has 2 fully saturated rings. The van der Waals surface area contributed by atoms with Crippen molar-refractivity contribution in [2.75, 3.05) is 13.2 Å². The molecule has 150 valence electrons. The van der Waals surface area contributed by atoms with E-state index < -0.39 is 0 Å². The molecule has 6 heteroatoms. The fourth-order valence-corrected chi connectivity index (χ4v) is 4.94. The summed E-state index contributed by atoms with van der Waals surface area (Å²) < 4.78 is 7.26. The summed E-state index contributed by atoms with van der Waals surface area (Å²) in [5.74, 6) is -0.0300. The van der Waals surface area contributed by atoms with Gasteiger partial charge in [0.2, 0.25) is 0 Å². The number of carbonyl (C=O) groups is 1. The molecule has 5 rings (SSSR count). The molecule has 2 aliphatic rings. The topological polar surface area (TPSA) is 69.0 Å². The van der Waals surface area contributed by atoms with Crippen molar-refractivity contribution in [2.24, 2.45) is 12.5 Å². The molecule has 1 aliphatic heterocycles. The van der Waals surface area contributed by atoms with E-state index in [9.17, 15) is 4.79 Å². The molecule has 0 radical (unpaired) electrons. The lowest BCUT2D eigenvalue weighted by molar-refractivity contribution is -0.0434. The largest absolute Gasteiger partial charge is 0.381 e. The molecular weight excluding hydrogens is 364 g/mol. The molecular formula is C23H26N4O2. The zero-order chi connectivity index (χ0) is 20.0. The van der Waals surface area contributed by atoms with Crippen molar-refractivity contribution < 1.29 is 9.53 Å². The van der Waals surface area contributed by atoms with E-state index in [1.807, 2.05) is 50.4 Å². The summed E-state index contributed by atoms with van der Waals surface area (Å²) in [4.78, 5) is 18.1. The highest BCUT2D eigenvalue weighted by molar-refractivity contribution is 6.07. The Morgan fingerprint density at radius 1 is 1.21 bits per heavy atom. The number of aryl methyl sites for hydroxylation is 2. The number of fused-ring (bicyclic) bond motifs is 1. The third-order valence-electron chi connectivity index (χ3n) is 6.53. The predicted molar refractivity (Wildman–Crippen MR) is 112 cm³/mol. The van der Waals surface area contributed by atoms with Crippen molar-refractivity contribution in [1.82, 2.24) is 20.1 Å².